The largest absolute Gasteiger partial charge is 0.493 e. The van der Waals surface area contributed by atoms with Crippen LogP contribution in [0.5, 0.6) is 11.5 Å². The van der Waals surface area contributed by atoms with Crippen LogP contribution in [0.15, 0.2) is 81.1 Å². The Bertz CT molecular complexity index is 1450. The zero-order valence-corrected chi connectivity index (χ0v) is 20.8. The van der Waals surface area contributed by atoms with Crippen molar-refractivity contribution in [2.24, 2.45) is 5.10 Å². The third kappa shape index (κ3) is 5.58. The first-order valence-corrected chi connectivity index (χ1v) is 11.7. The lowest BCUT2D eigenvalue weighted by Gasteiger charge is -2.13. The van der Waals surface area contributed by atoms with Crippen LogP contribution in [0.4, 0.5) is 5.69 Å². The van der Waals surface area contributed by atoms with E-state index >= 15 is 0 Å². The predicted molar refractivity (Wildman–Crippen MR) is 140 cm³/mol. The van der Waals surface area contributed by atoms with Gasteiger partial charge >= 0.3 is 0 Å². The molecule has 1 N–H and O–H groups in total. The summed E-state index contributed by atoms with van der Waals surface area (Å²) in [7, 11) is 1.51. The summed E-state index contributed by atoms with van der Waals surface area (Å²) in [5, 5.41) is 7.65. The number of hydrogen-bond acceptors (Lipinski definition) is 6. The van der Waals surface area contributed by atoms with Crippen molar-refractivity contribution in [2.45, 2.75) is 13.3 Å². The first-order valence-electron chi connectivity index (χ1n) is 10.9. The van der Waals surface area contributed by atoms with E-state index in [9.17, 15) is 9.59 Å². The average molecular weight is 535 g/mol. The molecule has 0 saturated heterocycles. The summed E-state index contributed by atoms with van der Waals surface area (Å²) < 4.78 is 13.3. The van der Waals surface area contributed by atoms with Gasteiger partial charge in [-0.3, -0.25) is 9.59 Å². The van der Waals surface area contributed by atoms with Crippen LogP contribution in [0.1, 0.15) is 18.3 Å². The molecule has 0 atom stereocenters. The molecule has 0 aliphatic rings. The monoisotopic (exact) mass is 534 g/mol. The minimum absolute atomic E-state index is 0.234. The number of methoxy groups -OCH3 is 1. The van der Waals surface area contributed by atoms with Gasteiger partial charge in [0.25, 0.3) is 11.5 Å². The Labute approximate surface area is 210 Å². The van der Waals surface area contributed by atoms with Crippen LogP contribution in [-0.2, 0) is 11.2 Å². The number of nitrogens with zero attached hydrogens (tertiary/aromatic N) is 3. The molecule has 9 heteroatoms. The number of carbonyl (C=O) groups is 1. The lowest BCUT2D eigenvalue weighted by molar-refractivity contribution is -0.118. The lowest BCUT2D eigenvalue weighted by atomic mass is 10.2. The number of nitrogens with one attached hydrogen (secondary N) is 1. The van der Waals surface area contributed by atoms with Gasteiger partial charge in [0, 0.05) is 22.1 Å². The van der Waals surface area contributed by atoms with Gasteiger partial charge in [0.05, 0.1) is 24.2 Å². The van der Waals surface area contributed by atoms with Gasteiger partial charge in [0.1, 0.15) is 5.82 Å². The molecule has 0 spiro atoms. The number of benzene rings is 3. The Hall–Kier alpha value is -3.98. The molecule has 8 nitrogen and oxygen atoms in total. The third-order valence-corrected chi connectivity index (χ3v) is 5.63. The van der Waals surface area contributed by atoms with Crippen molar-refractivity contribution in [1.29, 1.82) is 0 Å². The van der Waals surface area contributed by atoms with Crippen LogP contribution < -0.4 is 20.3 Å². The number of aryl methyl sites for hydroxylation is 1. The van der Waals surface area contributed by atoms with Gasteiger partial charge in [-0.15, -0.1) is 0 Å². The molecule has 0 aliphatic heterocycles. The zero-order valence-electron chi connectivity index (χ0n) is 19.2. The summed E-state index contributed by atoms with van der Waals surface area (Å²) in [5.74, 6) is 0.974. The fraction of sp³-hybridized carbons (Fsp3) is 0.154. The highest BCUT2D eigenvalue weighted by Crippen LogP contribution is 2.30. The fourth-order valence-electron chi connectivity index (χ4n) is 3.47. The highest BCUT2D eigenvalue weighted by molar-refractivity contribution is 9.10. The van der Waals surface area contributed by atoms with Crippen LogP contribution in [0.3, 0.4) is 0 Å². The second-order valence-corrected chi connectivity index (χ2v) is 8.40. The van der Waals surface area contributed by atoms with Crippen molar-refractivity contribution in [3.05, 3.63) is 92.9 Å². The quantitative estimate of drug-likeness (QED) is 0.332. The number of fused-ring (bicyclic) bond motifs is 1. The maximum absolute atomic E-state index is 13.2. The van der Waals surface area contributed by atoms with Crippen LogP contribution in [-0.4, -0.2) is 35.5 Å². The number of anilines is 1. The van der Waals surface area contributed by atoms with E-state index in [4.69, 9.17) is 9.47 Å². The Kier molecular flexibility index (Phi) is 7.57. The maximum Gasteiger partial charge on any atom is 0.282 e. The van der Waals surface area contributed by atoms with E-state index in [2.05, 4.69) is 31.3 Å². The molecule has 35 heavy (non-hydrogen) atoms. The molecule has 4 rings (SSSR count). The number of carbonyl (C=O) groups excluding carboxylic acids is 1. The van der Waals surface area contributed by atoms with E-state index in [-0.39, 0.29) is 18.1 Å². The summed E-state index contributed by atoms with van der Waals surface area (Å²) in [6.07, 6.45) is 2.01. The second-order valence-electron chi connectivity index (χ2n) is 7.49. The number of para-hydroxylation sites is 2. The van der Waals surface area contributed by atoms with E-state index in [0.717, 1.165) is 4.47 Å². The normalized spacial score (nSPS) is 11.1. The second kappa shape index (κ2) is 11.0. The molecule has 0 bridgehead atoms. The molecule has 0 radical (unpaired) electrons. The smallest absolute Gasteiger partial charge is 0.282 e. The molecular weight excluding hydrogens is 512 g/mol. The molecule has 0 fully saturated rings. The first kappa shape index (κ1) is 24.2. The molecule has 0 unspecified atom stereocenters. The maximum atomic E-state index is 13.2. The number of amides is 1. The Morgan fingerprint density at radius 2 is 1.94 bits per heavy atom. The van der Waals surface area contributed by atoms with Crippen molar-refractivity contribution in [3.8, 4) is 11.5 Å². The van der Waals surface area contributed by atoms with E-state index in [1.807, 2.05) is 31.2 Å². The SMILES string of the molecule is CCc1nc2ccc(Br)cc2c(=O)n1N=Cc1cccc(OC)c1OCC(=O)Nc1ccccc1. The predicted octanol–water partition coefficient (Wildman–Crippen LogP) is 4.63. The van der Waals surface area contributed by atoms with Gasteiger partial charge in [0.15, 0.2) is 18.1 Å². The summed E-state index contributed by atoms with van der Waals surface area (Å²) >= 11 is 3.40. The highest BCUT2D eigenvalue weighted by atomic mass is 79.9. The number of aromatic nitrogens is 2. The molecular formula is C26H23BrN4O4. The molecule has 4 aromatic rings. The highest BCUT2D eigenvalue weighted by Gasteiger charge is 2.14. The molecule has 178 valence electrons. The van der Waals surface area contributed by atoms with Gasteiger partial charge in [0.2, 0.25) is 0 Å². The van der Waals surface area contributed by atoms with Crippen molar-refractivity contribution < 1.29 is 14.3 Å². The number of hydrogen-bond donors (Lipinski definition) is 1. The van der Waals surface area contributed by atoms with Crippen molar-refractivity contribution >= 4 is 44.6 Å². The first-order chi connectivity index (χ1) is 17.0. The molecule has 1 amide bonds. The van der Waals surface area contributed by atoms with E-state index < -0.39 is 0 Å². The Morgan fingerprint density at radius 3 is 2.69 bits per heavy atom. The topological polar surface area (TPSA) is 94.8 Å². The number of ether oxygens (including phenoxy) is 2. The summed E-state index contributed by atoms with van der Waals surface area (Å²) in [5.41, 5.74) is 1.54. The molecule has 1 heterocycles. The van der Waals surface area contributed by atoms with Crippen LogP contribution in [0, 0.1) is 0 Å². The zero-order chi connectivity index (χ0) is 24.8. The van der Waals surface area contributed by atoms with E-state index in [1.54, 1.807) is 42.5 Å². The van der Waals surface area contributed by atoms with Gasteiger partial charge in [-0.05, 0) is 42.5 Å². The van der Waals surface area contributed by atoms with Gasteiger partial charge < -0.3 is 14.8 Å². The van der Waals surface area contributed by atoms with Crippen LogP contribution in [0.2, 0.25) is 0 Å². The molecule has 0 saturated carbocycles. The van der Waals surface area contributed by atoms with Gasteiger partial charge in [-0.25, -0.2) is 4.98 Å². The minimum Gasteiger partial charge on any atom is -0.493 e. The van der Waals surface area contributed by atoms with E-state index in [1.165, 1.54) is 18.0 Å². The minimum atomic E-state index is -0.321. The summed E-state index contributed by atoms with van der Waals surface area (Å²) in [6.45, 7) is 1.67. The van der Waals surface area contributed by atoms with Crippen LogP contribution in [0.25, 0.3) is 10.9 Å². The lowest BCUT2D eigenvalue weighted by Crippen LogP contribution is -2.22. The molecule has 0 aliphatic carbocycles. The summed E-state index contributed by atoms with van der Waals surface area (Å²) in [6, 6.07) is 19.7. The fourth-order valence-corrected chi connectivity index (χ4v) is 3.83. The molecule has 1 aromatic heterocycles. The van der Waals surface area contributed by atoms with Crippen LogP contribution >= 0.6 is 15.9 Å². The van der Waals surface area contributed by atoms with Gasteiger partial charge in [-0.2, -0.15) is 9.78 Å². The summed E-state index contributed by atoms with van der Waals surface area (Å²) in [4.78, 5) is 30.1. The van der Waals surface area contributed by atoms with Crippen molar-refractivity contribution in [2.75, 3.05) is 19.0 Å². The van der Waals surface area contributed by atoms with Crippen molar-refractivity contribution in [3.63, 3.8) is 0 Å². The Morgan fingerprint density at radius 1 is 1.14 bits per heavy atom. The molecule has 3 aromatic carbocycles. The number of rotatable bonds is 8. The van der Waals surface area contributed by atoms with Crippen molar-refractivity contribution in [1.82, 2.24) is 9.66 Å². The van der Waals surface area contributed by atoms with Gasteiger partial charge in [-0.1, -0.05) is 47.1 Å². The average Bonchev–Trinajstić information content (AvgIpc) is 2.87. The Balaban J connectivity index is 1.64. The number of halogens is 1. The third-order valence-electron chi connectivity index (χ3n) is 5.14. The standard InChI is InChI=1S/C26H23BrN4O4/c1-3-23-30-21-13-12-18(27)14-20(21)26(33)31(23)28-15-17-8-7-11-22(34-2)25(17)35-16-24(32)29-19-9-5-4-6-10-19/h4-15H,3,16H2,1-2H3,(H,29,32). The van der Waals surface area contributed by atoms with E-state index in [0.29, 0.717) is 45.9 Å².